The van der Waals surface area contributed by atoms with Crippen molar-refractivity contribution in [3.8, 4) is 0 Å². The maximum Gasteiger partial charge on any atom is 0.138 e. The number of anilines is 3. The summed E-state index contributed by atoms with van der Waals surface area (Å²) < 4.78 is 1.09. The average molecular weight is 335 g/mol. The summed E-state index contributed by atoms with van der Waals surface area (Å²) >= 11 is 3.51. The monoisotopic (exact) mass is 334 g/mol. The van der Waals surface area contributed by atoms with Gasteiger partial charge in [-0.25, -0.2) is 9.97 Å². The zero-order valence-electron chi connectivity index (χ0n) is 12.0. The van der Waals surface area contributed by atoms with Gasteiger partial charge < -0.3 is 10.6 Å². The van der Waals surface area contributed by atoms with E-state index < -0.39 is 0 Å². The first-order valence-corrected chi connectivity index (χ1v) is 7.55. The molecular weight excluding hydrogens is 316 g/mol. The fraction of sp³-hybridized carbons (Fsp3) is 0.333. The van der Waals surface area contributed by atoms with Crippen molar-refractivity contribution >= 4 is 33.3 Å². The molecule has 1 aromatic carbocycles. The summed E-state index contributed by atoms with van der Waals surface area (Å²) in [6.07, 6.45) is 2.55. The molecule has 5 heteroatoms. The zero-order chi connectivity index (χ0) is 14.5. The SMILES string of the molecule is CCNc1ncnc(Nc2ccc(Br)cc2CC)c1C. The lowest BCUT2D eigenvalue weighted by Crippen LogP contribution is -2.06. The average Bonchev–Trinajstić information content (AvgIpc) is 2.45. The number of rotatable bonds is 5. The Morgan fingerprint density at radius 2 is 1.90 bits per heavy atom. The zero-order valence-corrected chi connectivity index (χ0v) is 13.6. The van der Waals surface area contributed by atoms with Gasteiger partial charge in [-0.05, 0) is 44.0 Å². The standard InChI is InChI=1S/C15H19BrN4/c1-4-11-8-12(16)6-7-13(11)20-15-10(3)14(17-5-2)18-9-19-15/h6-9H,4-5H2,1-3H3,(H2,17,18,19,20). The summed E-state index contributed by atoms with van der Waals surface area (Å²) in [7, 11) is 0. The van der Waals surface area contributed by atoms with Crippen LogP contribution < -0.4 is 10.6 Å². The highest BCUT2D eigenvalue weighted by Crippen LogP contribution is 2.27. The molecular formula is C15H19BrN4. The number of nitrogens with zero attached hydrogens (tertiary/aromatic N) is 2. The number of halogens is 1. The van der Waals surface area contributed by atoms with Gasteiger partial charge in [-0.1, -0.05) is 22.9 Å². The molecule has 0 aliphatic carbocycles. The molecule has 0 spiro atoms. The highest BCUT2D eigenvalue weighted by molar-refractivity contribution is 9.10. The first-order chi connectivity index (χ1) is 9.65. The third-order valence-electron chi connectivity index (χ3n) is 3.13. The lowest BCUT2D eigenvalue weighted by Gasteiger charge is -2.14. The molecule has 0 atom stereocenters. The summed E-state index contributed by atoms with van der Waals surface area (Å²) in [6, 6.07) is 6.23. The summed E-state index contributed by atoms with van der Waals surface area (Å²) in [5, 5.41) is 6.65. The fourth-order valence-corrected chi connectivity index (χ4v) is 2.43. The van der Waals surface area contributed by atoms with E-state index in [1.807, 2.05) is 13.0 Å². The van der Waals surface area contributed by atoms with E-state index >= 15 is 0 Å². The second kappa shape index (κ2) is 6.70. The first kappa shape index (κ1) is 14.8. The van der Waals surface area contributed by atoms with Crippen molar-refractivity contribution in [2.75, 3.05) is 17.2 Å². The second-order valence-corrected chi connectivity index (χ2v) is 5.42. The van der Waals surface area contributed by atoms with Gasteiger partial charge in [0, 0.05) is 22.3 Å². The van der Waals surface area contributed by atoms with Gasteiger partial charge >= 0.3 is 0 Å². The summed E-state index contributed by atoms with van der Waals surface area (Å²) in [6.45, 7) is 7.06. The first-order valence-electron chi connectivity index (χ1n) is 6.76. The van der Waals surface area contributed by atoms with E-state index in [0.29, 0.717) is 0 Å². The van der Waals surface area contributed by atoms with Crippen molar-refractivity contribution in [1.82, 2.24) is 9.97 Å². The van der Waals surface area contributed by atoms with Gasteiger partial charge in [-0.15, -0.1) is 0 Å². The number of hydrogen-bond donors (Lipinski definition) is 2. The number of aromatic nitrogens is 2. The Morgan fingerprint density at radius 3 is 2.60 bits per heavy atom. The molecule has 2 aromatic rings. The van der Waals surface area contributed by atoms with E-state index in [4.69, 9.17) is 0 Å². The van der Waals surface area contributed by atoms with E-state index in [1.54, 1.807) is 6.33 Å². The Hall–Kier alpha value is -1.62. The van der Waals surface area contributed by atoms with Gasteiger partial charge in [-0.2, -0.15) is 0 Å². The van der Waals surface area contributed by atoms with Crippen LogP contribution in [0.5, 0.6) is 0 Å². The van der Waals surface area contributed by atoms with Crippen molar-refractivity contribution in [1.29, 1.82) is 0 Å². The number of aryl methyl sites for hydroxylation is 1. The molecule has 0 saturated carbocycles. The molecule has 2 N–H and O–H groups in total. The van der Waals surface area contributed by atoms with E-state index in [1.165, 1.54) is 5.56 Å². The minimum Gasteiger partial charge on any atom is -0.370 e. The van der Waals surface area contributed by atoms with Crippen LogP contribution in [0, 0.1) is 6.92 Å². The van der Waals surface area contributed by atoms with Gasteiger partial charge in [-0.3, -0.25) is 0 Å². The molecule has 1 aromatic heterocycles. The minimum absolute atomic E-state index is 0.841. The van der Waals surface area contributed by atoms with Crippen LogP contribution in [0.2, 0.25) is 0 Å². The third-order valence-corrected chi connectivity index (χ3v) is 3.62. The van der Waals surface area contributed by atoms with Crippen LogP contribution in [0.4, 0.5) is 17.3 Å². The molecule has 0 unspecified atom stereocenters. The van der Waals surface area contributed by atoms with Gasteiger partial charge in [0.1, 0.15) is 18.0 Å². The predicted octanol–water partition coefficient (Wildman–Crippen LogP) is 4.29. The summed E-state index contributed by atoms with van der Waals surface area (Å²) in [5.74, 6) is 1.72. The molecule has 0 fully saturated rings. The molecule has 106 valence electrons. The highest BCUT2D eigenvalue weighted by atomic mass is 79.9. The molecule has 0 aliphatic heterocycles. The molecule has 0 saturated heterocycles. The van der Waals surface area contributed by atoms with Crippen molar-refractivity contribution in [3.63, 3.8) is 0 Å². The maximum absolute atomic E-state index is 4.34. The molecule has 0 amide bonds. The Balaban J connectivity index is 2.33. The smallest absolute Gasteiger partial charge is 0.138 e. The van der Waals surface area contributed by atoms with Crippen LogP contribution >= 0.6 is 15.9 Å². The Morgan fingerprint density at radius 1 is 1.15 bits per heavy atom. The third kappa shape index (κ3) is 3.28. The van der Waals surface area contributed by atoms with Crippen LogP contribution in [0.3, 0.4) is 0 Å². The van der Waals surface area contributed by atoms with Gasteiger partial charge in [0.15, 0.2) is 0 Å². The van der Waals surface area contributed by atoms with Crippen LogP contribution in [-0.2, 0) is 6.42 Å². The largest absolute Gasteiger partial charge is 0.370 e. The number of benzene rings is 1. The second-order valence-electron chi connectivity index (χ2n) is 4.51. The molecule has 2 rings (SSSR count). The molecule has 1 heterocycles. The molecule has 0 bridgehead atoms. The number of hydrogen-bond acceptors (Lipinski definition) is 4. The highest BCUT2D eigenvalue weighted by Gasteiger charge is 2.08. The molecule has 0 aliphatic rings. The van der Waals surface area contributed by atoms with E-state index in [9.17, 15) is 0 Å². The van der Waals surface area contributed by atoms with Crippen molar-refractivity contribution < 1.29 is 0 Å². The Labute approximate surface area is 128 Å². The van der Waals surface area contributed by atoms with E-state index in [-0.39, 0.29) is 0 Å². The summed E-state index contributed by atoms with van der Waals surface area (Å²) in [5.41, 5.74) is 3.36. The van der Waals surface area contributed by atoms with Crippen molar-refractivity contribution in [2.45, 2.75) is 27.2 Å². The van der Waals surface area contributed by atoms with E-state index in [0.717, 1.165) is 40.3 Å². The molecule has 4 nitrogen and oxygen atoms in total. The van der Waals surface area contributed by atoms with Gasteiger partial charge in [0.05, 0.1) is 0 Å². The van der Waals surface area contributed by atoms with Crippen LogP contribution in [0.15, 0.2) is 29.0 Å². The predicted molar refractivity (Wildman–Crippen MR) is 87.7 cm³/mol. The van der Waals surface area contributed by atoms with Gasteiger partial charge in [0.2, 0.25) is 0 Å². The van der Waals surface area contributed by atoms with Crippen molar-refractivity contribution in [3.05, 3.63) is 40.1 Å². The topological polar surface area (TPSA) is 49.8 Å². The Bertz CT molecular complexity index is 598. The van der Waals surface area contributed by atoms with Crippen molar-refractivity contribution in [2.24, 2.45) is 0 Å². The van der Waals surface area contributed by atoms with Crippen LogP contribution in [0.1, 0.15) is 25.0 Å². The van der Waals surface area contributed by atoms with E-state index in [2.05, 4.69) is 62.5 Å². The normalized spacial score (nSPS) is 10.4. The van der Waals surface area contributed by atoms with Crippen LogP contribution in [-0.4, -0.2) is 16.5 Å². The van der Waals surface area contributed by atoms with Crippen LogP contribution in [0.25, 0.3) is 0 Å². The quantitative estimate of drug-likeness (QED) is 0.856. The molecule has 20 heavy (non-hydrogen) atoms. The molecule has 0 radical (unpaired) electrons. The maximum atomic E-state index is 4.34. The Kier molecular flexibility index (Phi) is 4.95. The number of nitrogens with one attached hydrogen (secondary N) is 2. The summed E-state index contributed by atoms with van der Waals surface area (Å²) in [4.78, 5) is 8.60. The lowest BCUT2D eigenvalue weighted by molar-refractivity contribution is 1.08. The lowest BCUT2D eigenvalue weighted by atomic mass is 10.1. The minimum atomic E-state index is 0.841. The van der Waals surface area contributed by atoms with Gasteiger partial charge in [0.25, 0.3) is 0 Å². The fourth-order valence-electron chi connectivity index (χ4n) is 2.03.